The van der Waals surface area contributed by atoms with Gasteiger partial charge in [-0.25, -0.2) is 0 Å². The molecule has 0 amide bonds. The average Bonchev–Trinajstić information content (AvgIpc) is 3.01. The number of unbranched alkanes of at least 4 members (excludes halogenated alkanes) is 1. The fraction of sp³-hybridized carbons (Fsp3) is 0.577. The third-order valence-corrected chi connectivity index (χ3v) is 5.59. The van der Waals surface area contributed by atoms with Crippen LogP contribution in [0.1, 0.15) is 52.4 Å². The fourth-order valence-electron chi connectivity index (χ4n) is 3.93. The molecule has 3 N–H and O–H groups in total. The summed E-state index contributed by atoms with van der Waals surface area (Å²) in [6.07, 6.45) is 8.86. The predicted octanol–water partition coefficient (Wildman–Crippen LogP) is 3.80. The molecule has 1 fully saturated rings. The van der Waals surface area contributed by atoms with Gasteiger partial charge in [-0.1, -0.05) is 42.5 Å². The predicted molar refractivity (Wildman–Crippen MR) is 124 cm³/mol. The molecule has 0 spiro atoms. The Balaban J connectivity index is 1.73. The third-order valence-electron chi connectivity index (χ3n) is 5.59. The van der Waals surface area contributed by atoms with Crippen LogP contribution in [0.3, 0.4) is 0 Å². The van der Waals surface area contributed by atoms with Gasteiger partial charge in [0.25, 0.3) is 0 Å². The maximum Gasteiger partial charge on any atom is 0.306 e. The SMILES string of the molecule is CC(C)OC(=O)CCC/C=C\C[C@H]1[C@@H](/C=C/[C@H](O)CCOc2ccccc2)[C@@H](O)C[C@@H]1O. The number of carbonyl (C=O) groups is 1. The number of allylic oxidation sites excluding steroid dienone is 2. The summed E-state index contributed by atoms with van der Waals surface area (Å²) in [4.78, 5) is 11.5. The molecule has 0 aromatic heterocycles. The van der Waals surface area contributed by atoms with Gasteiger partial charge in [-0.15, -0.1) is 0 Å². The first kappa shape index (κ1) is 26.1. The molecule has 1 aromatic carbocycles. The lowest BCUT2D eigenvalue weighted by atomic mass is 9.89. The monoisotopic (exact) mass is 446 g/mol. The molecule has 0 saturated heterocycles. The van der Waals surface area contributed by atoms with E-state index in [0.717, 1.165) is 18.6 Å². The van der Waals surface area contributed by atoms with Gasteiger partial charge in [-0.2, -0.15) is 0 Å². The van der Waals surface area contributed by atoms with Gasteiger partial charge in [0.05, 0.1) is 31.0 Å². The fourth-order valence-corrected chi connectivity index (χ4v) is 3.93. The van der Waals surface area contributed by atoms with E-state index in [1.807, 2.05) is 62.4 Å². The molecule has 6 nitrogen and oxygen atoms in total. The molecule has 0 radical (unpaired) electrons. The van der Waals surface area contributed by atoms with E-state index in [0.29, 0.717) is 32.3 Å². The molecular formula is C26H38O6. The number of esters is 1. The van der Waals surface area contributed by atoms with Gasteiger partial charge in [0.1, 0.15) is 5.75 Å². The zero-order valence-corrected chi connectivity index (χ0v) is 19.2. The summed E-state index contributed by atoms with van der Waals surface area (Å²) in [5, 5.41) is 30.9. The largest absolute Gasteiger partial charge is 0.493 e. The second kappa shape index (κ2) is 14.1. The molecular weight excluding hydrogens is 408 g/mol. The summed E-state index contributed by atoms with van der Waals surface area (Å²) in [5.41, 5.74) is 0. The lowest BCUT2D eigenvalue weighted by Crippen LogP contribution is -2.20. The van der Waals surface area contributed by atoms with Gasteiger partial charge in [0.15, 0.2) is 0 Å². The number of benzene rings is 1. The Hall–Kier alpha value is -2.15. The highest BCUT2D eigenvalue weighted by atomic mass is 16.5. The first-order valence-electron chi connectivity index (χ1n) is 11.6. The van der Waals surface area contributed by atoms with Crippen molar-refractivity contribution in [1.29, 1.82) is 0 Å². The number of ether oxygens (including phenoxy) is 2. The molecule has 2 rings (SSSR count). The van der Waals surface area contributed by atoms with Gasteiger partial charge >= 0.3 is 5.97 Å². The van der Waals surface area contributed by atoms with Crippen molar-refractivity contribution >= 4 is 5.97 Å². The molecule has 1 aliphatic carbocycles. The van der Waals surface area contributed by atoms with Crippen LogP contribution in [0.15, 0.2) is 54.6 Å². The van der Waals surface area contributed by atoms with E-state index in [1.165, 1.54) is 0 Å². The zero-order chi connectivity index (χ0) is 23.3. The number of hydrogen-bond acceptors (Lipinski definition) is 6. The quantitative estimate of drug-likeness (QED) is 0.242. The van der Waals surface area contributed by atoms with Crippen molar-refractivity contribution in [3.8, 4) is 5.75 Å². The molecule has 5 atom stereocenters. The Morgan fingerprint density at radius 3 is 2.62 bits per heavy atom. The Labute approximate surface area is 191 Å². The smallest absolute Gasteiger partial charge is 0.306 e. The van der Waals surface area contributed by atoms with Crippen LogP contribution in [-0.4, -0.2) is 52.3 Å². The summed E-state index contributed by atoms with van der Waals surface area (Å²) in [7, 11) is 0. The topological polar surface area (TPSA) is 96.2 Å². The average molecular weight is 447 g/mol. The molecule has 0 aliphatic heterocycles. The van der Waals surface area contributed by atoms with Gasteiger partial charge in [0, 0.05) is 25.2 Å². The highest BCUT2D eigenvalue weighted by Gasteiger charge is 2.39. The first-order valence-corrected chi connectivity index (χ1v) is 11.6. The molecule has 1 aliphatic rings. The lowest BCUT2D eigenvalue weighted by molar-refractivity contribution is -0.147. The molecule has 0 heterocycles. The lowest BCUT2D eigenvalue weighted by Gasteiger charge is -2.19. The highest BCUT2D eigenvalue weighted by Crippen LogP contribution is 2.36. The number of carbonyl (C=O) groups excluding carboxylic acids is 1. The summed E-state index contributed by atoms with van der Waals surface area (Å²) in [5.74, 6) is 0.277. The van der Waals surface area contributed by atoms with Crippen LogP contribution in [-0.2, 0) is 9.53 Å². The van der Waals surface area contributed by atoms with Crippen molar-refractivity contribution in [2.24, 2.45) is 11.8 Å². The Morgan fingerprint density at radius 1 is 1.16 bits per heavy atom. The van der Waals surface area contributed by atoms with Crippen LogP contribution >= 0.6 is 0 Å². The number of para-hydroxylation sites is 1. The van der Waals surface area contributed by atoms with Gasteiger partial charge in [0.2, 0.25) is 0 Å². The number of hydrogen-bond donors (Lipinski definition) is 3. The standard InChI is InChI=1S/C26H38O6/c1-19(2)32-26(30)13-9-4-3-8-12-22-23(25(29)18-24(22)28)15-14-20(27)16-17-31-21-10-6-5-7-11-21/h3,5-8,10-11,14-15,19-20,22-25,27-29H,4,9,12-13,16-18H2,1-2H3/b8-3-,15-14+/t20-,22-,23+,24-,25-/m0/s1. The van der Waals surface area contributed by atoms with Crippen LogP contribution < -0.4 is 4.74 Å². The van der Waals surface area contributed by atoms with Gasteiger partial charge < -0.3 is 24.8 Å². The molecule has 32 heavy (non-hydrogen) atoms. The molecule has 178 valence electrons. The maximum absolute atomic E-state index is 11.5. The number of aliphatic hydroxyl groups excluding tert-OH is 3. The Morgan fingerprint density at radius 2 is 1.91 bits per heavy atom. The van der Waals surface area contributed by atoms with Gasteiger partial charge in [-0.05, 0) is 51.2 Å². The first-order chi connectivity index (χ1) is 15.4. The van der Waals surface area contributed by atoms with E-state index in [1.54, 1.807) is 6.08 Å². The third kappa shape index (κ3) is 9.55. The minimum absolute atomic E-state index is 0.0896. The second-order valence-corrected chi connectivity index (χ2v) is 8.65. The normalized spacial score (nSPS) is 24.4. The summed E-state index contributed by atoms with van der Waals surface area (Å²) in [6.45, 7) is 4.06. The van der Waals surface area contributed by atoms with Crippen LogP contribution in [0.4, 0.5) is 0 Å². The van der Waals surface area contributed by atoms with E-state index in [2.05, 4.69) is 0 Å². The van der Waals surface area contributed by atoms with Crippen molar-refractivity contribution in [1.82, 2.24) is 0 Å². The van der Waals surface area contributed by atoms with Crippen molar-refractivity contribution in [2.75, 3.05) is 6.61 Å². The van der Waals surface area contributed by atoms with E-state index < -0.39 is 18.3 Å². The molecule has 0 bridgehead atoms. The zero-order valence-electron chi connectivity index (χ0n) is 19.2. The van der Waals surface area contributed by atoms with Crippen LogP contribution in [0.5, 0.6) is 5.75 Å². The van der Waals surface area contributed by atoms with Crippen molar-refractivity contribution in [2.45, 2.75) is 76.8 Å². The Bertz CT molecular complexity index is 714. The van der Waals surface area contributed by atoms with Gasteiger partial charge in [-0.3, -0.25) is 4.79 Å². The van der Waals surface area contributed by atoms with Crippen LogP contribution in [0, 0.1) is 11.8 Å². The summed E-state index contributed by atoms with van der Waals surface area (Å²) >= 11 is 0. The van der Waals surface area contributed by atoms with E-state index in [4.69, 9.17) is 9.47 Å². The van der Waals surface area contributed by atoms with E-state index in [-0.39, 0.29) is 23.9 Å². The molecule has 0 unspecified atom stereocenters. The molecule has 1 saturated carbocycles. The minimum Gasteiger partial charge on any atom is -0.493 e. The molecule has 1 aromatic rings. The van der Waals surface area contributed by atoms with E-state index >= 15 is 0 Å². The molecule has 6 heteroatoms. The Kier molecular flexibility index (Phi) is 11.5. The minimum atomic E-state index is -0.676. The van der Waals surface area contributed by atoms with Crippen molar-refractivity contribution < 1.29 is 29.6 Å². The van der Waals surface area contributed by atoms with Crippen LogP contribution in [0.25, 0.3) is 0 Å². The van der Waals surface area contributed by atoms with Crippen LogP contribution in [0.2, 0.25) is 0 Å². The highest BCUT2D eigenvalue weighted by molar-refractivity contribution is 5.69. The maximum atomic E-state index is 11.5. The van der Waals surface area contributed by atoms with Crippen molar-refractivity contribution in [3.05, 3.63) is 54.6 Å². The van der Waals surface area contributed by atoms with Crippen molar-refractivity contribution in [3.63, 3.8) is 0 Å². The van der Waals surface area contributed by atoms with E-state index in [9.17, 15) is 20.1 Å². The number of aliphatic hydroxyl groups is 3. The number of rotatable bonds is 13. The summed E-state index contributed by atoms with van der Waals surface area (Å²) < 4.78 is 10.7. The summed E-state index contributed by atoms with van der Waals surface area (Å²) in [6, 6.07) is 9.45. The second-order valence-electron chi connectivity index (χ2n) is 8.65.